The molecule has 0 aromatic heterocycles. The second-order valence-electron chi connectivity index (χ2n) is 4.80. The minimum Gasteiger partial charge on any atom is -0.380 e. The Balaban J connectivity index is 2.31. The highest BCUT2D eigenvalue weighted by Gasteiger charge is 2.27. The van der Waals surface area contributed by atoms with Gasteiger partial charge in [-0.1, -0.05) is 6.92 Å². The molecule has 0 amide bonds. The molecule has 84 valence electrons. The standard InChI is InChI=1S/C11H24N2O/c1-5-12-11(2,3)9-13-7-6-10(8-13)14-4/h10,12H,5-9H2,1-4H3. The summed E-state index contributed by atoms with van der Waals surface area (Å²) in [6.07, 6.45) is 1.63. The first-order chi connectivity index (χ1) is 6.57. The van der Waals surface area contributed by atoms with Crippen molar-refractivity contribution < 1.29 is 4.74 Å². The van der Waals surface area contributed by atoms with E-state index in [1.807, 2.05) is 7.11 Å². The smallest absolute Gasteiger partial charge is 0.0710 e. The van der Waals surface area contributed by atoms with Crippen molar-refractivity contribution in [2.75, 3.05) is 33.3 Å². The summed E-state index contributed by atoms with van der Waals surface area (Å²) in [5.41, 5.74) is 0.220. The predicted octanol–water partition coefficient (Wildman–Crippen LogP) is 1.10. The van der Waals surface area contributed by atoms with Gasteiger partial charge in [0.25, 0.3) is 0 Å². The normalized spacial score (nSPS) is 24.4. The third-order valence-corrected chi connectivity index (χ3v) is 2.84. The molecular weight excluding hydrogens is 176 g/mol. The van der Waals surface area contributed by atoms with Gasteiger partial charge >= 0.3 is 0 Å². The van der Waals surface area contributed by atoms with Gasteiger partial charge < -0.3 is 10.1 Å². The summed E-state index contributed by atoms with van der Waals surface area (Å²) in [5, 5.41) is 3.50. The van der Waals surface area contributed by atoms with Crippen molar-refractivity contribution in [2.45, 2.75) is 38.8 Å². The van der Waals surface area contributed by atoms with Gasteiger partial charge in [-0.05, 0) is 26.8 Å². The van der Waals surface area contributed by atoms with Crippen LogP contribution in [0.5, 0.6) is 0 Å². The number of nitrogens with zero attached hydrogens (tertiary/aromatic N) is 1. The zero-order chi connectivity index (χ0) is 10.6. The lowest BCUT2D eigenvalue weighted by atomic mass is 10.1. The monoisotopic (exact) mass is 200 g/mol. The van der Waals surface area contributed by atoms with Gasteiger partial charge in [0, 0.05) is 32.3 Å². The molecule has 3 heteroatoms. The Bertz CT molecular complexity index is 171. The predicted molar refractivity (Wildman–Crippen MR) is 59.6 cm³/mol. The molecule has 0 bridgehead atoms. The van der Waals surface area contributed by atoms with Crippen LogP contribution in [0, 0.1) is 0 Å². The molecule has 1 rings (SSSR count). The summed E-state index contributed by atoms with van der Waals surface area (Å²) in [7, 11) is 1.81. The summed E-state index contributed by atoms with van der Waals surface area (Å²) < 4.78 is 5.35. The molecule has 0 aromatic rings. The lowest BCUT2D eigenvalue weighted by molar-refractivity contribution is 0.104. The molecule has 1 aliphatic heterocycles. The first-order valence-electron chi connectivity index (χ1n) is 5.57. The van der Waals surface area contributed by atoms with Crippen molar-refractivity contribution in [1.29, 1.82) is 0 Å². The van der Waals surface area contributed by atoms with E-state index in [1.165, 1.54) is 13.0 Å². The number of rotatable bonds is 5. The van der Waals surface area contributed by atoms with E-state index in [0.717, 1.165) is 19.6 Å². The van der Waals surface area contributed by atoms with E-state index in [2.05, 4.69) is 31.0 Å². The van der Waals surface area contributed by atoms with Crippen LogP contribution in [0.25, 0.3) is 0 Å². The Hall–Kier alpha value is -0.120. The van der Waals surface area contributed by atoms with Gasteiger partial charge in [-0.15, -0.1) is 0 Å². The number of likely N-dealkylation sites (N-methyl/N-ethyl adjacent to an activating group) is 1. The van der Waals surface area contributed by atoms with Crippen LogP contribution >= 0.6 is 0 Å². The number of ether oxygens (including phenoxy) is 1. The molecule has 1 atom stereocenters. The Morgan fingerprint density at radius 2 is 2.21 bits per heavy atom. The van der Waals surface area contributed by atoms with E-state index < -0.39 is 0 Å². The molecule has 14 heavy (non-hydrogen) atoms. The topological polar surface area (TPSA) is 24.5 Å². The van der Waals surface area contributed by atoms with Crippen LogP contribution < -0.4 is 5.32 Å². The van der Waals surface area contributed by atoms with E-state index in [4.69, 9.17) is 4.74 Å². The van der Waals surface area contributed by atoms with E-state index in [0.29, 0.717) is 6.10 Å². The highest BCUT2D eigenvalue weighted by Crippen LogP contribution is 2.15. The van der Waals surface area contributed by atoms with Gasteiger partial charge in [0.1, 0.15) is 0 Å². The van der Waals surface area contributed by atoms with Crippen LogP contribution in [0.3, 0.4) is 0 Å². The molecule has 0 saturated carbocycles. The Kier molecular flexibility index (Phi) is 4.35. The average molecular weight is 200 g/mol. The maximum absolute atomic E-state index is 5.35. The zero-order valence-electron chi connectivity index (χ0n) is 9.97. The second-order valence-corrected chi connectivity index (χ2v) is 4.80. The second kappa shape index (κ2) is 5.10. The summed E-state index contributed by atoms with van der Waals surface area (Å²) >= 11 is 0. The Morgan fingerprint density at radius 3 is 2.71 bits per heavy atom. The highest BCUT2D eigenvalue weighted by atomic mass is 16.5. The van der Waals surface area contributed by atoms with Gasteiger partial charge in [-0.2, -0.15) is 0 Å². The van der Waals surface area contributed by atoms with E-state index in [9.17, 15) is 0 Å². The molecule has 0 aromatic carbocycles. The van der Waals surface area contributed by atoms with Crippen LogP contribution in [0.2, 0.25) is 0 Å². The van der Waals surface area contributed by atoms with Crippen molar-refractivity contribution in [3.05, 3.63) is 0 Å². The SMILES string of the molecule is CCNC(C)(C)CN1CCC(OC)C1. The molecular formula is C11H24N2O. The molecule has 1 aliphatic rings. The maximum Gasteiger partial charge on any atom is 0.0710 e. The van der Waals surface area contributed by atoms with Gasteiger partial charge in [-0.25, -0.2) is 0 Å². The highest BCUT2D eigenvalue weighted by molar-refractivity contribution is 4.85. The van der Waals surface area contributed by atoms with E-state index in [-0.39, 0.29) is 5.54 Å². The quantitative estimate of drug-likeness (QED) is 0.719. The van der Waals surface area contributed by atoms with Crippen molar-refractivity contribution in [2.24, 2.45) is 0 Å². The lowest BCUT2D eigenvalue weighted by Gasteiger charge is -2.30. The molecule has 0 spiro atoms. The van der Waals surface area contributed by atoms with Crippen LogP contribution in [-0.4, -0.2) is 49.8 Å². The molecule has 1 saturated heterocycles. The van der Waals surface area contributed by atoms with Gasteiger partial charge in [-0.3, -0.25) is 4.90 Å². The number of nitrogens with one attached hydrogen (secondary N) is 1. The fraction of sp³-hybridized carbons (Fsp3) is 1.00. The third kappa shape index (κ3) is 3.56. The minimum absolute atomic E-state index is 0.220. The fourth-order valence-corrected chi connectivity index (χ4v) is 2.23. The summed E-state index contributed by atoms with van der Waals surface area (Å²) in [4.78, 5) is 2.48. The third-order valence-electron chi connectivity index (χ3n) is 2.84. The van der Waals surface area contributed by atoms with E-state index >= 15 is 0 Å². The first-order valence-corrected chi connectivity index (χ1v) is 5.57. The number of hydrogen-bond acceptors (Lipinski definition) is 3. The van der Waals surface area contributed by atoms with Crippen LogP contribution in [0.15, 0.2) is 0 Å². The molecule has 0 radical (unpaired) electrons. The summed E-state index contributed by atoms with van der Waals surface area (Å²) in [6.45, 7) is 11.1. The van der Waals surface area contributed by atoms with Crippen molar-refractivity contribution in [3.8, 4) is 0 Å². The molecule has 1 unspecified atom stereocenters. The zero-order valence-corrected chi connectivity index (χ0v) is 9.97. The molecule has 1 heterocycles. The summed E-state index contributed by atoms with van der Waals surface area (Å²) in [5.74, 6) is 0. The maximum atomic E-state index is 5.35. The minimum atomic E-state index is 0.220. The molecule has 1 N–H and O–H groups in total. The largest absolute Gasteiger partial charge is 0.380 e. The number of hydrogen-bond donors (Lipinski definition) is 1. The average Bonchev–Trinajstić information content (AvgIpc) is 2.51. The Morgan fingerprint density at radius 1 is 1.50 bits per heavy atom. The van der Waals surface area contributed by atoms with Gasteiger partial charge in [0.05, 0.1) is 6.10 Å². The number of likely N-dealkylation sites (tertiary alicyclic amines) is 1. The van der Waals surface area contributed by atoms with Crippen LogP contribution in [0.1, 0.15) is 27.2 Å². The number of methoxy groups -OCH3 is 1. The Labute approximate surface area is 87.8 Å². The van der Waals surface area contributed by atoms with Crippen molar-refractivity contribution in [3.63, 3.8) is 0 Å². The fourth-order valence-electron chi connectivity index (χ4n) is 2.23. The van der Waals surface area contributed by atoms with E-state index in [1.54, 1.807) is 0 Å². The van der Waals surface area contributed by atoms with Crippen molar-refractivity contribution in [1.82, 2.24) is 10.2 Å². The molecule has 0 aliphatic carbocycles. The lowest BCUT2D eigenvalue weighted by Crippen LogP contribution is -2.48. The molecule has 1 fully saturated rings. The van der Waals surface area contributed by atoms with Gasteiger partial charge in [0.2, 0.25) is 0 Å². The van der Waals surface area contributed by atoms with Crippen molar-refractivity contribution >= 4 is 0 Å². The van der Waals surface area contributed by atoms with Crippen LogP contribution in [-0.2, 0) is 4.74 Å². The summed E-state index contributed by atoms with van der Waals surface area (Å²) in [6, 6.07) is 0. The van der Waals surface area contributed by atoms with Gasteiger partial charge in [0.15, 0.2) is 0 Å². The molecule has 3 nitrogen and oxygen atoms in total. The first kappa shape index (κ1) is 12.0. The van der Waals surface area contributed by atoms with Crippen LogP contribution in [0.4, 0.5) is 0 Å².